The zero-order valence-electron chi connectivity index (χ0n) is 14.4. The highest BCUT2D eigenvalue weighted by atomic mass is 16.3. The summed E-state index contributed by atoms with van der Waals surface area (Å²) in [5.74, 6) is -1.25. The van der Waals surface area contributed by atoms with Crippen LogP contribution in [0.2, 0.25) is 0 Å². The van der Waals surface area contributed by atoms with Crippen LogP contribution in [-0.2, 0) is 9.59 Å². The Morgan fingerprint density at radius 3 is 2.68 bits per heavy atom. The topological polar surface area (TPSA) is 106 Å². The SMILES string of the molecule is C=C1NNC(=O)C1CC(=O)NN=Cc1ccc(N(CC)CC)cc1O. The molecule has 1 aliphatic heterocycles. The molecule has 1 heterocycles. The Kier molecular flexibility index (Phi) is 5.99. The monoisotopic (exact) mass is 345 g/mol. The van der Waals surface area contributed by atoms with Gasteiger partial charge in [-0.2, -0.15) is 5.10 Å². The molecule has 1 fully saturated rings. The van der Waals surface area contributed by atoms with Crippen molar-refractivity contribution in [1.82, 2.24) is 16.3 Å². The molecule has 8 heteroatoms. The Hall–Kier alpha value is -3.03. The largest absolute Gasteiger partial charge is 0.507 e. The molecule has 0 saturated carbocycles. The van der Waals surface area contributed by atoms with E-state index in [0.717, 1.165) is 18.8 Å². The van der Waals surface area contributed by atoms with Gasteiger partial charge in [0.15, 0.2) is 0 Å². The van der Waals surface area contributed by atoms with Crippen molar-refractivity contribution < 1.29 is 14.7 Å². The summed E-state index contributed by atoms with van der Waals surface area (Å²) in [6.45, 7) is 9.43. The number of benzene rings is 1. The van der Waals surface area contributed by atoms with Gasteiger partial charge in [-0.05, 0) is 26.0 Å². The number of amides is 2. The van der Waals surface area contributed by atoms with Crippen LogP contribution in [0.3, 0.4) is 0 Å². The Bertz CT molecular complexity index is 682. The van der Waals surface area contributed by atoms with E-state index in [2.05, 4.69) is 32.9 Å². The van der Waals surface area contributed by atoms with Crippen LogP contribution in [0.15, 0.2) is 35.6 Å². The fraction of sp³-hybridized carbons (Fsp3) is 0.353. The van der Waals surface area contributed by atoms with Gasteiger partial charge in [-0.25, -0.2) is 5.43 Å². The maximum Gasteiger partial charge on any atom is 0.247 e. The number of phenols is 1. The van der Waals surface area contributed by atoms with Gasteiger partial charge in [0.05, 0.1) is 12.1 Å². The van der Waals surface area contributed by atoms with Gasteiger partial charge in [-0.15, -0.1) is 0 Å². The fourth-order valence-electron chi connectivity index (χ4n) is 2.52. The smallest absolute Gasteiger partial charge is 0.247 e. The number of aromatic hydroxyl groups is 1. The van der Waals surface area contributed by atoms with Crippen molar-refractivity contribution in [3.8, 4) is 5.75 Å². The molecule has 8 nitrogen and oxygen atoms in total. The molecule has 1 aromatic rings. The first-order valence-corrected chi connectivity index (χ1v) is 8.10. The van der Waals surface area contributed by atoms with E-state index in [0.29, 0.717) is 11.3 Å². The molecule has 0 bridgehead atoms. The molecule has 0 radical (unpaired) electrons. The lowest BCUT2D eigenvalue weighted by Crippen LogP contribution is -2.27. The number of hydrogen-bond acceptors (Lipinski definition) is 6. The van der Waals surface area contributed by atoms with Crippen molar-refractivity contribution in [3.63, 3.8) is 0 Å². The minimum absolute atomic E-state index is 0.0537. The summed E-state index contributed by atoms with van der Waals surface area (Å²) >= 11 is 0. The van der Waals surface area contributed by atoms with Gasteiger partial charge in [0, 0.05) is 42.5 Å². The van der Waals surface area contributed by atoms with Crippen molar-refractivity contribution in [2.45, 2.75) is 20.3 Å². The number of phenolic OH excluding ortho intramolecular Hbond substituents is 1. The number of carbonyl (C=O) groups excluding carboxylic acids is 2. The highest BCUT2D eigenvalue weighted by Crippen LogP contribution is 2.23. The van der Waals surface area contributed by atoms with E-state index >= 15 is 0 Å². The lowest BCUT2D eigenvalue weighted by molar-refractivity contribution is -0.127. The summed E-state index contributed by atoms with van der Waals surface area (Å²) in [6.07, 6.45) is 1.31. The molecule has 25 heavy (non-hydrogen) atoms. The van der Waals surface area contributed by atoms with Gasteiger partial charge in [-0.1, -0.05) is 6.58 Å². The zero-order valence-corrected chi connectivity index (χ0v) is 14.4. The van der Waals surface area contributed by atoms with Crippen molar-refractivity contribution >= 4 is 23.7 Å². The molecule has 1 atom stereocenters. The summed E-state index contributed by atoms with van der Waals surface area (Å²) in [4.78, 5) is 25.5. The lowest BCUT2D eigenvalue weighted by Gasteiger charge is -2.21. The van der Waals surface area contributed by atoms with Gasteiger partial charge in [0.25, 0.3) is 0 Å². The normalized spacial score (nSPS) is 16.6. The van der Waals surface area contributed by atoms with E-state index in [1.807, 2.05) is 19.9 Å². The molecule has 2 amide bonds. The summed E-state index contributed by atoms with van der Waals surface area (Å²) in [7, 11) is 0. The molecule has 1 aliphatic rings. The standard InChI is InChI=1S/C17H23N5O3/c1-4-22(5-2)13-7-6-12(15(23)8-13)10-18-20-16(24)9-14-11(3)19-21-17(14)25/h6-8,10,14,19,23H,3-5,9H2,1-2H3,(H,20,24)(H,21,25). The maximum absolute atomic E-state index is 11.8. The van der Waals surface area contributed by atoms with Gasteiger partial charge >= 0.3 is 0 Å². The van der Waals surface area contributed by atoms with Gasteiger partial charge in [-0.3, -0.25) is 15.0 Å². The molecule has 1 saturated heterocycles. The molecule has 0 aliphatic carbocycles. The predicted molar refractivity (Wildman–Crippen MR) is 95.9 cm³/mol. The van der Waals surface area contributed by atoms with E-state index in [4.69, 9.17) is 0 Å². The average Bonchev–Trinajstić information content (AvgIpc) is 2.90. The highest BCUT2D eigenvalue weighted by Gasteiger charge is 2.29. The molecule has 2 rings (SSSR count). The first-order valence-electron chi connectivity index (χ1n) is 8.10. The molecular weight excluding hydrogens is 322 g/mol. The minimum Gasteiger partial charge on any atom is -0.507 e. The zero-order chi connectivity index (χ0) is 18.4. The quantitative estimate of drug-likeness (QED) is 0.433. The predicted octanol–water partition coefficient (Wildman–Crippen LogP) is 0.843. The second kappa shape index (κ2) is 8.18. The number of hydrazone groups is 1. The van der Waals surface area contributed by atoms with Crippen molar-refractivity contribution in [2.24, 2.45) is 11.0 Å². The van der Waals surface area contributed by atoms with Gasteiger partial charge < -0.3 is 15.4 Å². The van der Waals surface area contributed by atoms with E-state index < -0.39 is 11.8 Å². The van der Waals surface area contributed by atoms with E-state index in [1.165, 1.54) is 6.21 Å². The highest BCUT2D eigenvalue weighted by molar-refractivity contribution is 5.90. The number of hydrazine groups is 1. The molecule has 4 N–H and O–H groups in total. The molecule has 0 spiro atoms. The van der Waals surface area contributed by atoms with Crippen LogP contribution in [-0.4, -0.2) is 36.2 Å². The first-order chi connectivity index (χ1) is 12.0. The number of nitrogens with one attached hydrogen (secondary N) is 3. The van der Waals surface area contributed by atoms with Crippen LogP contribution in [0.5, 0.6) is 5.75 Å². The van der Waals surface area contributed by atoms with E-state index in [9.17, 15) is 14.7 Å². The number of hydrogen-bond donors (Lipinski definition) is 4. The van der Waals surface area contributed by atoms with Crippen LogP contribution in [0, 0.1) is 5.92 Å². The lowest BCUT2D eigenvalue weighted by atomic mass is 10.0. The third-order valence-corrected chi connectivity index (χ3v) is 4.01. The van der Waals surface area contributed by atoms with Crippen LogP contribution >= 0.6 is 0 Å². The van der Waals surface area contributed by atoms with Gasteiger partial charge in [0.2, 0.25) is 11.8 Å². The fourth-order valence-corrected chi connectivity index (χ4v) is 2.52. The summed E-state index contributed by atoms with van der Waals surface area (Å²) < 4.78 is 0. The molecule has 134 valence electrons. The third kappa shape index (κ3) is 4.50. The first kappa shape index (κ1) is 18.3. The maximum atomic E-state index is 11.8. The average molecular weight is 345 g/mol. The number of carbonyl (C=O) groups is 2. The molecule has 0 aromatic heterocycles. The van der Waals surface area contributed by atoms with Crippen LogP contribution in [0.4, 0.5) is 5.69 Å². The summed E-state index contributed by atoms with van der Waals surface area (Å²) in [6, 6.07) is 5.28. The van der Waals surface area contributed by atoms with E-state index in [-0.39, 0.29) is 18.1 Å². The Morgan fingerprint density at radius 1 is 1.40 bits per heavy atom. The van der Waals surface area contributed by atoms with Gasteiger partial charge in [0.1, 0.15) is 5.75 Å². The van der Waals surface area contributed by atoms with Crippen LogP contribution < -0.4 is 21.2 Å². The Morgan fingerprint density at radius 2 is 2.12 bits per heavy atom. The molecule has 1 aromatic carbocycles. The Labute approximate surface area is 146 Å². The number of nitrogens with zero attached hydrogens (tertiary/aromatic N) is 2. The second-order valence-electron chi connectivity index (χ2n) is 5.60. The minimum atomic E-state index is -0.614. The summed E-state index contributed by atoms with van der Waals surface area (Å²) in [5, 5.41) is 13.9. The number of rotatable bonds is 7. The van der Waals surface area contributed by atoms with E-state index in [1.54, 1.807) is 12.1 Å². The molecule has 1 unspecified atom stereocenters. The Balaban J connectivity index is 1.94. The second-order valence-corrected chi connectivity index (χ2v) is 5.60. The molecular formula is C17H23N5O3. The third-order valence-electron chi connectivity index (χ3n) is 4.01. The van der Waals surface area contributed by atoms with Crippen molar-refractivity contribution in [2.75, 3.05) is 18.0 Å². The van der Waals surface area contributed by atoms with Crippen LogP contribution in [0.25, 0.3) is 0 Å². The van der Waals surface area contributed by atoms with Crippen molar-refractivity contribution in [1.29, 1.82) is 0 Å². The van der Waals surface area contributed by atoms with Crippen LogP contribution in [0.1, 0.15) is 25.8 Å². The summed E-state index contributed by atoms with van der Waals surface area (Å²) in [5.41, 5.74) is 9.19. The number of anilines is 1. The van der Waals surface area contributed by atoms with Crippen molar-refractivity contribution in [3.05, 3.63) is 36.0 Å².